The van der Waals surface area contributed by atoms with Gasteiger partial charge >= 0.3 is 0 Å². The van der Waals surface area contributed by atoms with Crippen LogP contribution in [0.2, 0.25) is 0 Å². The molecule has 126 valence electrons. The second kappa shape index (κ2) is 6.43. The zero-order chi connectivity index (χ0) is 17.3. The summed E-state index contributed by atoms with van der Waals surface area (Å²) in [5.74, 6) is -0.441. The number of hydrogen-bond donors (Lipinski definition) is 0. The molecule has 0 radical (unpaired) electrons. The van der Waals surface area contributed by atoms with Crippen LogP contribution in [0.4, 0.5) is 4.39 Å². The number of benzene rings is 1. The first-order chi connectivity index (χ1) is 11.5. The van der Waals surface area contributed by atoms with Crippen molar-refractivity contribution in [1.82, 2.24) is 19.6 Å². The summed E-state index contributed by atoms with van der Waals surface area (Å²) in [6, 6.07) is 7.69. The van der Waals surface area contributed by atoms with E-state index in [4.69, 9.17) is 0 Å². The van der Waals surface area contributed by atoms with Crippen molar-refractivity contribution in [2.24, 2.45) is 0 Å². The highest BCUT2D eigenvalue weighted by molar-refractivity contribution is 5.92. The number of piperazine rings is 1. The fourth-order valence-electron chi connectivity index (χ4n) is 2.81. The summed E-state index contributed by atoms with van der Waals surface area (Å²) in [5.41, 5.74) is 1.86. The fraction of sp³-hybridized carbons (Fsp3) is 0.353. The third-order valence-electron chi connectivity index (χ3n) is 4.19. The lowest BCUT2D eigenvalue weighted by atomic mass is 10.2. The number of hydrogen-bond acceptors (Lipinski definition) is 3. The summed E-state index contributed by atoms with van der Waals surface area (Å²) in [6.45, 7) is 5.46. The SMILES string of the molecule is CC(=O)N1CCN(C(=O)c2cc(C)n(-c3ccc(F)cc3)n2)CC1. The number of halogens is 1. The molecule has 0 N–H and O–H groups in total. The van der Waals surface area contributed by atoms with Crippen LogP contribution in [0, 0.1) is 12.7 Å². The highest BCUT2D eigenvalue weighted by Crippen LogP contribution is 2.15. The maximum absolute atomic E-state index is 13.0. The molecule has 1 aromatic heterocycles. The van der Waals surface area contributed by atoms with Gasteiger partial charge in [-0.1, -0.05) is 0 Å². The standard InChI is InChI=1S/C17H19FN4O2/c1-12-11-16(19-22(12)15-5-3-14(18)4-6-15)17(24)21-9-7-20(8-10-21)13(2)23/h3-6,11H,7-10H2,1-2H3. The van der Waals surface area contributed by atoms with Crippen molar-refractivity contribution in [3.8, 4) is 5.69 Å². The number of aryl methyl sites for hydroxylation is 1. The van der Waals surface area contributed by atoms with Crippen LogP contribution in [0.3, 0.4) is 0 Å². The fourth-order valence-corrected chi connectivity index (χ4v) is 2.81. The monoisotopic (exact) mass is 330 g/mol. The Kier molecular flexibility index (Phi) is 4.33. The van der Waals surface area contributed by atoms with Gasteiger partial charge in [-0.05, 0) is 37.3 Å². The molecule has 24 heavy (non-hydrogen) atoms. The number of carbonyl (C=O) groups is 2. The number of amides is 2. The minimum atomic E-state index is -0.316. The summed E-state index contributed by atoms with van der Waals surface area (Å²) in [6.07, 6.45) is 0. The van der Waals surface area contributed by atoms with Gasteiger partial charge in [0.1, 0.15) is 5.82 Å². The molecule has 0 bridgehead atoms. The van der Waals surface area contributed by atoms with Gasteiger partial charge in [-0.15, -0.1) is 0 Å². The molecule has 3 rings (SSSR count). The molecule has 0 spiro atoms. The first-order valence-electron chi connectivity index (χ1n) is 7.83. The third-order valence-corrected chi connectivity index (χ3v) is 4.19. The molecule has 0 saturated carbocycles. The minimum Gasteiger partial charge on any atom is -0.339 e. The average molecular weight is 330 g/mol. The molecule has 0 atom stereocenters. The molecular formula is C17H19FN4O2. The van der Waals surface area contributed by atoms with Crippen molar-refractivity contribution in [3.63, 3.8) is 0 Å². The molecule has 0 unspecified atom stereocenters. The lowest BCUT2D eigenvalue weighted by Crippen LogP contribution is -2.50. The topological polar surface area (TPSA) is 58.4 Å². The van der Waals surface area contributed by atoms with E-state index >= 15 is 0 Å². The van der Waals surface area contributed by atoms with Gasteiger partial charge < -0.3 is 9.80 Å². The molecule has 2 heterocycles. The third kappa shape index (κ3) is 3.15. The maximum atomic E-state index is 13.0. The number of aromatic nitrogens is 2. The Morgan fingerprint density at radius 2 is 1.62 bits per heavy atom. The van der Waals surface area contributed by atoms with E-state index in [2.05, 4.69) is 5.10 Å². The number of rotatable bonds is 2. The van der Waals surface area contributed by atoms with Gasteiger partial charge in [0.05, 0.1) is 5.69 Å². The second-order valence-electron chi connectivity index (χ2n) is 5.86. The van der Waals surface area contributed by atoms with Gasteiger partial charge in [0.25, 0.3) is 5.91 Å². The van der Waals surface area contributed by atoms with Crippen LogP contribution in [0.5, 0.6) is 0 Å². The van der Waals surface area contributed by atoms with Gasteiger partial charge in [-0.25, -0.2) is 9.07 Å². The summed E-state index contributed by atoms with van der Waals surface area (Å²) < 4.78 is 14.7. The molecule has 0 aliphatic carbocycles. The van der Waals surface area contributed by atoms with Gasteiger partial charge in [0.15, 0.2) is 5.69 Å². The summed E-state index contributed by atoms with van der Waals surface area (Å²) in [7, 11) is 0. The van der Waals surface area contributed by atoms with E-state index in [1.807, 2.05) is 6.92 Å². The van der Waals surface area contributed by atoms with E-state index in [0.717, 1.165) is 5.69 Å². The Balaban J connectivity index is 1.76. The predicted octanol–water partition coefficient (Wildman–Crippen LogP) is 1.62. The van der Waals surface area contributed by atoms with Gasteiger partial charge in [0, 0.05) is 38.8 Å². The van der Waals surface area contributed by atoms with Gasteiger partial charge in [-0.3, -0.25) is 9.59 Å². The second-order valence-corrected chi connectivity index (χ2v) is 5.86. The lowest BCUT2D eigenvalue weighted by molar-refractivity contribution is -0.130. The van der Waals surface area contributed by atoms with E-state index < -0.39 is 0 Å². The largest absolute Gasteiger partial charge is 0.339 e. The van der Waals surface area contributed by atoms with Gasteiger partial charge in [0.2, 0.25) is 5.91 Å². The average Bonchev–Trinajstić information content (AvgIpc) is 2.97. The maximum Gasteiger partial charge on any atom is 0.274 e. The van der Waals surface area contributed by atoms with E-state index in [-0.39, 0.29) is 17.6 Å². The summed E-state index contributed by atoms with van der Waals surface area (Å²) >= 11 is 0. The summed E-state index contributed by atoms with van der Waals surface area (Å²) in [4.78, 5) is 27.4. The summed E-state index contributed by atoms with van der Waals surface area (Å²) in [5, 5.41) is 4.36. The molecule has 1 aliphatic rings. The van der Waals surface area contributed by atoms with Crippen molar-refractivity contribution >= 4 is 11.8 Å². The molecule has 1 saturated heterocycles. The molecule has 1 fully saturated rings. The van der Waals surface area contributed by atoms with Crippen LogP contribution in [0.15, 0.2) is 30.3 Å². The van der Waals surface area contributed by atoms with E-state index in [1.165, 1.54) is 19.1 Å². The van der Waals surface area contributed by atoms with Crippen molar-refractivity contribution < 1.29 is 14.0 Å². The quantitative estimate of drug-likeness (QED) is 0.841. The first kappa shape index (κ1) is 16.2. The van der Waals surface area contributed by atoms with Crippen LogP contribution in [0.1, 0.15) is 23.1 Å². The van der Waals surface area contributed by atoms with E-state index in [1.54, 1.807) is 32.7 Å². The molecule has 2 amide bonds. The lowest BCUT2D eigenvalue weighted by Gasteiger charge is -2.33. The number of carbonyl (C=O) groups excluding carboxylic acids is 2. The first-order valence-corrected chi connectivity index (χ1v) is 7.83. The van der Waals surface area contributed by atoms with E-state index in [0.29, 0.717) is 37.6 Å². The number of nitrogens with zero attached hydrogens (tertiary/aromatic N) is 4. The van der Waals surface area contributed by atoms with Crippen LogP contribution in [-0.4, -0.2) is 57.6 Å². The highest BCUT2D eigenvalue weighted by Gasteiger charge is 2.25. The Labute approximate surface area is 139 Å². The molecule has 7 heteroatoms. The smallest absolute Gasteiger partial charge is 0.274 e. The molecule has 2 aromatic rings. The normalized spacial score (nSPS) is 14.8. The minimum absolute atomic E-state index is 0.0264. The predicted molar refractivity (Wildman–Crippen MR) is 86.4 cm³/mol. The Morgan fingerprint density at radius 3 is 2.21 bits per heavy atom. The molecule has 1 aromatic carbocycles. The van der Waals surface area contributed by atoms with Crippen molar-refractivity contribution in [2.75, 3.05) is 26.2 Å². The van der Waals surface area contributed by atoms with Crippen molar-refractivity contribution in [3.05, 3.63) is 47.5 Å². The van der Waals surface area contributed by atoms with Crippen LogP contribution >= 0.6 is 0 Å². The zero-order valence-corrected chi connectivity index (χ0v) is 13.7. The van der Waals surface area contributed by atoms with E-state index in [9.17, 15) is 14.0 Å². The van der Waals surface area contributed by atoms with Crippen molar-refractivity contribution in [2.45, 2.75) is 13.8 Å². The highest BCUT2D eigenvalue weighted by atomic mass is 19.1. The molecular weight excluding hydrogens is 311 g/mol. The van der Waals surface area contributed by atoms with Crippen LogP contribution in [-0.2, 0) is 4.79 Å². The van der Waals surface area contributed by atoms with Crippen LogP contribution in [0.25, 0.3) is 5.69 Å². The van der Waals surface area contributed by atoms with Crippen molar-refractivity contribution in [1.29, 1.82) is 0 Å². The Bertz CT molecular complexity index is 761. The Hall–Kier alpha value is -2.70. The van der Waals surface area contributed by atoms with Gasteiger partial charge in [-0.2, -0.15) is 5.10 Å². The van der Waals surface area contributed by atoms with Crippen LogP contribution < -0.4 is 0 Å². The zero-order valence-electron chi connectivity index (χ0n) is 13.7. The molecule has 1 aliphatic heterocycles. The molecule has 6 nitrogen and oxygen atoms in total. The Morgan fingerprint density at radius 1 is 1.04 bits per heavy atom.